The molecule has 0 saturated carbocycles. The molecule has 31 heavy (non-hydrogen) atoms. The summed E-state index contributed by atoms with van der Waals surface area (Å²) in [5, 5.41) is 0. The van der Waals surface area contributed by atoms with Crippen LogP contribution in [0.1, 0.15) is 27.0 Å². The van der Waals surface area contributed by atoms with Crippen LogP contribution in [0, 0.1) is 25.5 Å². The van der Waals surface area contributed by atoms with Gasteiger partial charge in [-0.25, -0.2) is 17.2 Å². The number of carbonyl (C=O) groups is 1. The number of benzene rings is 3. The molecule has 0 spiro atoms. The van der Waals surface area contributed by atoms with Crippen LogP contribution in [-0.2, 0) is 16.6 Å². The van der Waals surface area contributed by atoms with Gasteiger partial charge in [0.15, 0.2) is 11.6 Å². The Labute approximate surface area is 180 Å². The van der Waals surface area contributed by atoms with E-state index in [9.17, 15) is 22.0 Å². The van der Waals surface area contributed by atoms with Gasteiger partial charge in [-0.05, 0) is 67.4 Å². The Balaban J connectivity index is 1.71. The van der Waals surface area contributed by atoms with E-state index in [2.05, 4.69) is 10.8 Å². The van der Waals surface area contributed by atoms with E-state index in [1.807, 2.05) is 26.0 Å². The van der Waals surface area contributed by atoms with Gasteiger partial charge in [-0.3, -0.25) is 9.52 Å². The van der Waals surface area contributed by atoms with E-state index in [1.165, 1.54) is 24.3 Å². The third-order valence-electron chi connectivity index (χ3n) is 4.84. The van der Waals surface area contributed by atoms with Crippen LogP contribution in [-0.4, -0.2) is 26.3 Å². The van der Waals surface area contributed by atoms with Gasteiger partial charge in [0.25, 0.3) is 15.9 Å². The summed E-state index contributed by atoms with van der Waals surface area (Å²) in [7, 11) is -2.41. The van der Waals surface area contributed by atoms with Gasteiger partial charge in [0.05, 0.1) is 4.90 Å². The third kappa shape index (κ3) is 5.27. The number of aryl methyl sites for hydroxylation is 2. The van der Waals surface area contributed by atoms with Gasteiger partial charge in [0.1, 0.15) is 0 Å². The molecular weight excluding hydrogens is 422 g/mol. The fourth-order valence-electron chi connectivity index (χ4n) is 3.11. The van der Waals surface area contributed by atoms with Gasteiger partial charge >= 0.3 is 0 Å². The Morgan fingerprint density at radius 1 is 0.935 bits per heavy atom. The number of nitrogens with one attached hydrogen (secondary N) is 1. The van der Waals surface area contributed by atoms with E-state index >= 15 is 0 Å². The maximum absolute atomic E-state index is 13.4. The number of nitrogens with zero attached hydrogens (tertiary/aromatic N) is 1. The quantitative estimate of drug-likeness (QED) is 0.602. The van der Waals surface area contributed by atoms with E-state index in [1.54, 1.807) is 11.9 Å². The molecule has 5 nitrogen and oxygen atoms in total. The number of anilines is 1. The Bertz CT molecular complexity index is 1230. The number of rotatable bonds is 6. The first-order chi connectivity index (χ1) is 14.6. The Morgan fingerprint density at radius 2 is 1.61 bits per heavy atom. The molecule has 0 bridgehead atoms. The summed E-state index contributed by atoms with van der Waals surface area (Å²) in [6.45, 7) is 4.44. The zero-order chi connectivity index (χ0) is 22.8. The first kappa shape index (κ1) is 22.4. The topological polar surface area (TPSA) is 66.5 Å². The highest BCUT2D eigenvalue weighted by Gasteiger charge is 2.18. The molecule has 0 atom stereocenters. The summed E-state index contributed by atoms with van der Waals surface area (Å²) < 4.78 is 53.4. The fraction of sp³-hybridized carbons (Fsp3) is 0.174. The Kier molecular flexibility index (Phi) is 6.40. The molecule has 0 radical (unpaired) electrons. The van der Waals surface area contributed by atoms with E-state index in [0.717, 1.165) is 28.8 Å². The highest BCUT2D eigenvalue weighted by atomic mass is 32.2. The average molecular weight is 445 g/mol. The summed E-state index contributed by atoms with van der Waals surface area (Å²) >= 11 is 0. The summed E-state index contributed by atoms with van der Waals surface area (Å²) in [5.41, 5.74) is 3.87. The van der Waals surface area contributed by atoms with Gasteiger partial charge in [0.2, 0.25) is 0 Å². The SMILES string of the molecule is Cc1ccc(CN(C)C(=O)c2ccc(NS(=O)(=O)c3ccc(F)c(F)c3)cc2)c(C)c1. The van der Waals surface area contributed by atoms with E-state index in [0.29, 0.717) is 18.2 Å². The lowest BCUT2D eigenvalue weighted by molar-refractivity contribution is 0.0785. The summed E-state index contributed by atoms with van der Waals surface area (Å²) in [5.74, 6) is -2.60. The minimum Gasteiger partial charge on any atom is -0.337 e. The largest absolute Gasteiger partial charge is 0.337 e. The monoisotopic (exact) mass is 444 g/mol. The first-order valence-corrected chi connectivity index (χ1v) is 10.9. The van der Waals surface area contributed by atoms with Gasteiger partial charge in [-0.2, -0.15) is 0 Å². The van der Waals surface area contributed by atoms with Crippen LogP contribution in [0.15, 0.2) is 65.6 Å². The summed E-state index contributed by atoms with van der Waals surface area (Å²) in [4.78, 5) is 13.9. The Hall–Kier alpha value is -3.26. The highest BCUT2D eigenvalue weighted by Crippen LogP contribution is 2.20. The van der Waals surface area contributed by atoms with Gasteiger partial charge in [-0.1, -0.05) is 23.8 Å². The predicted octanol–water partition coefficient (Wildman–Crippen LogP) is 4.65. The number of carbonyl (C=O) groups excluding carboxylic acids is 1. The van der Waals surface area contributed by atoms with Crippen molar-refractivity contribution in [3.05, 3.63) is 94.6 Å². The third-order valence-corrected chi connectivity index (χ3v) is 6.22. The molecule has 3 aromatic carbocycles. The second kappa shape index (κ2) is 8.85. The van der Waals surface area contributed by atoms with Crippen LogP contribution in [0.25, 0.3) is 0 Å². The van der Waals surface area contributed by atoms with Gasteiger partial charge < -0.3 is 4.90 Å². The lowest BCUT2D eigenvalue weighted by Gasteiger charge is -2.19. The number of hydrogen-bond acceptors (Lipinski definition) is 3. The molecule has 1 N–H and O–H groups in total. The number of hydrogen-bond donors (Lipinski definition) is 1. The standard InChI is InChI=1S/C23H22F2N2O3S/c1-15-4-5-18(16(2)12-15)14-27(3)23(28)17-6-8-19(9-7-17)26-31(29,30)20-10-11-21(24)22(25)13-20/h4-13,26H,14H2,1-3H3. The van der Waals surface area contributed by atoms with Crippen molar-refractivity contribution in [1.29, 1.82) is 0 Å². The van der Waals surface area contributed by atoms with Gasteiger partial charge in [0, 0.05) is 24.8 Å². The molecule has 8 heteroatoms. The predicted molar refractivity (Wildman–Crippen MR) is 115 cm³/mol. The fourth-order valence-corrected chi connectivity index (χ4v) is 4.18. The van der Waals surface area contributed by atoms with Crippen molar-refractivity contribution in [3.63, 3.8) is 0 Å². The molecule has 0 aliphatic carbocycles. The molecule has 0 heterocycles. The normalized spacial score (nSPS) is 11.3. The van der Waals surface area contributed by atoms with Crippen LogP contribution in [0.2, 0.25) is 0 Å². The Morgan fingerprint density at radius 3 is 2.23 bits per heavy atom. The van der Waals surface area contributed by atoms with E-state index in [-0.39, 0.29) is 11.6 Å². The molecule has 162 valence electrons. The minimum atomic E-state index is -4.10. The molecule has 3 rings (SSSR count). The lowest BCUT2D eigenvalue weighted by Crippen LogP contribution is -2.26. The molecule has 0 fully saturated rings. The second-order valence-electron chi connectivity index (χ2n) is 7.35. The van der Waals surface area contributed by atoms with Crippen molar-refractivity contribution in [1.82, 2.24) is 4.90 Å². The van der Waals surface area contributed by atoms with Crippen LogP contribution in [0.5, 0.6) is 0 Å². The summed E-state index contributed by atoms with van der Waals surface area (Å²) in [6.07, 6.45) is 0. The second-order valence-corrected chi connectivity index (χ2v) is 9.03. The molecule has 0 unspecified atom stereocenters. The van der Waals surface area contributed by atoms with Crippen molar-refractivity contribution in [2.45, 2.75) is 25.3 Å². The van der Waals surface area contributed by atoms with Crippen molar-refractivity contribution < 1.29 is 22.0 Å². The maximum atomic E-state index is 13.4. The maximum Gasteiger partial charge on any atom is 0.261 e. The molecule has 3 aromatic rings. The van der Waals surface area contributed by atoms with E-state index in [4.69, 9.17) is 0 Å². The average Bonchev–Trinajstić information content (AvgIpc) is 2.71. The smallest absolute Gasteiger partial charge is 0.261 e. The van der Waals surface area contributed by atoms with Crippen LogP contribution >= 0.6 is 0 Å². The summed E-state index contributed by atoms with van der Waals surface area (Å²) in [6, 6.07) is 14.3. The van der Waals surface area contributed by atoms with Crippen LogP contribution in [0.4, 0.5) is 14.5 Å². The minimum absolute atomic E-state index is 0.193. The zero-order valence-corrected chi connectivity index (χ0v) is 18.1. The molecule has 0 aliphatic rings. The zero-order valence-electron chi connectivity index (χ0n) is 17.3. The van der Waals surface area contributed by atoms with Crippen molar-refractivity contribution in [3.8, 4) is 0 Å². The molecule has 0 saturated heterocycles. The van der Waals surface area contributed by atoms with Crippen molar-refractivity contribution >= 4 is 21.6 Å². The highest BCUT2D eigenvalue weighted by molar-refractivity contribution is 7.92. The molecular formula is C23H22F2N2O3S. The van der Waals surface area contributed by atoms with E-state index < -0.39 is 26.6 Å². The first-order valence-electron chi connectivity index (χ1n) is 9.46. The molecule has 0 aliphatic heterocycles. The van der Waals surface area contributed by atoms with Crippen molar-refractivity contribution in [2.24, 2.45) is 0 Å². The molecule has 0 aromatic heterocycles. The number of amides is 1. The molecule has 1 amide bonds. The van der Waals surface area contributed by atoms with Crippen molar-refractivity contribution in [2.75, 3.05) is 11.8 Å². The lowest BCUT2D eigenvalue weighted by atomic mass is 10.1. The number of sulfonamides is 1. The number of halogens is 2. The van der Waals surface area contributed by atoms with Crippen LogP contribution in [0.3, 0.4) is 0 Å². The van der Waals surface area contributed by atoms with Crippen LogP contribution < -0.4 is 4.72 Å². The van der Waals surface area contributed by atoms with Gasteiger partial charge in [-0.15, -0.1) is 0 Å².